The lowest BCUT2D eigenvalue weighted by atomic mass is 9.77. The van der Waals surface area contributed by atoms with Crippen LogP contribution < -0.4 is 0 Å². The molecule has 0 bridgehead atoms. The number of hydrogen-bond donors (Lipinski definition) is 0. The molecule has 0 aliphatic heterocycles. The largest absolute Gasteiger partial charge is 0.422 e. The molecule has 0 spiro atoms. The Bertz CT molecular complexity index is 513. The Hall–Kier alpha value is -1.39. The lowest BCUT2D eigenvalue weighted by Crippen LogP contribution is -2.16. The summed E-state index contributed by atoms with van der Waals surface area (Å²) in [6, 6.07) is 1.70. The lowest BCUT2D eigenvalue weighted by Gasteiger charge is -2.28. The van der Waals surface area contributed by atoms with Crippen LogP contribution in [0.4, 0.5) is 22.0 Å². The molecule has 5 heteroatoms. The molecule has 2 rings (SSSR count). The van der Waals surface area contributed by atoms with Crippen LogP contribution in [0.5, 0.6) is 0 Å². The normalized spacial score (nSPS) is 23.2. The Balaban J connectivity index is 2.12. The maximum absolute atomic E-state index is 13.6. The molecule has 0 amide bonds. The average Bonchev–Trinajstić information content (AvgIpc) is 2.43. The number of hydrogen-bond acceptors (Lipinski definition) is 0. The van der Waals surface area contributed by atoms with Gasteiger partial charge in [0.05, 0.1) is 0 Å². The molecule has 1 aromatic carbocycles. The molecule has 0 radical (unpaired) electrons. The second kappa shape index (κ2) is 6.80. The van der Waals surface area contributed by atoms with Crippen molar-refractivity contribution in [2.24, 2.45) is 5.92 Å². The minimum Gasteiger partial charge on any atom is -0.206 e. The third kappa shape index (κ3) is 3.87. The van der Waals surface area contributed by atoms with Crippen molar-refractivity contribution in [1.82, 2.24) is 0 Å². The van der Waals surface area contributed by atoms with Crippen LogP contribution in [0.15, 0.2) is 24.3 Å². The highest BCUT2D eigenvalue weighted by Crippen LogP contribution is 2.40. The van der Waals surface area contributed by atoms with E-state index in [1.165, 1.54) is 0 Å². The van der Waals surface area contributed by atoms with Crippen LogP contribution in [-0.2, 0) is 6.18 Å². The molecule has 0 heterocycles. The Labute approximate surface area is 127 Å². The molecular formula is C17H19F5. The summed E-state index contributed by atoms with van der Waals surface area (Å²) in [6.45, 7) is 1.96. The fraction of sp³-hybridized carbons (Fsp3) is 0.529. The van der Waals surface area contributed by atoms with Crippen LogP contribution in [-0.4, -0.2) is 0 Å². The van der Waals surface area contributed by atoms with Gasteiger partial charge in [-0.1, -0.05) is 12.2 Å². The van der Waals surface area contributed by atoms with Gasteiger partial charge in [-0.3, -0.25) is 0 Å². The molecule has 122 valence electrons. The maximum atomic E-state index is 13.6. The summed E-state index contributed by atoms with van der Waals surface area (Å²) in [7, 11) is 0. The monoisotopic (exact) mass is 318 g/mol. The fourth-order valence-electron chi connectivity index (χ4n) is 3.16. The molecule has 1 fully saturated rings. The third-order valence-electron chi connectivity index (χ3n) is 4.37. The van der Waals surface area contributed by atoms with Crippen molar-refractivity contribution in [2.45, 2.75) is 51.1 Å². The van der Waals surface area contributed by atoms with Crippen LogP contribution in [0.25, 0.3) is 0 Å². The first-order chi connectivity index (χ1) is 10.3. The molecule has 0 nitrogen and oxygen atoms in total. The minimum absolute atomic E-state index is 0.0619. The molecule has 1 aliphatic rings. The number of alkyl halides is 3. The van der Waals surface area contributed by atoms with E-state index in [9.17, 15) is 22.0 Å². The highest BCUT2D eigenvalue weighted by Gasteiger charge is 2.38. The number of rotatable bonds is 3. The topological polar surface area (TPSA) is 0 Å². The Morgan fingerprint density at radius 3 is 2.05 bits per heavy atom. The summed E-state index contributed by atoms with van der Waals surface area (Å²) in [6.07, 6.45) is 3.45. The summed E-state index contributed by atoms with van der Waals surface area (Å²) in [4.78, 5) is 0. The van der Waals surface area contributed by atoms with Gasteiger partial charge in [0.2, 0.25) is 0 Å². The van der Waals surface area contributed by atoms with E-state index in [4.69, 9.17) is 0 Å². The van der Waals surface area contributed by atoms with Crippen LogP contribution in [0.1, 0.15) is 56.1 Å². The molecule has 0 N–H and O–H groups in total. The number of halogens is 5. The van der Waals surface area contributed by atoms with Gasteiger partial charge in [-0.25, -0.2) is 8.78 Å². The van der Waals surface area contributed by atoms with Crippen molar-refractivity contribution >= 4 is 0 Å². The van der Waals surface area contributed by atoms with Crippen molar-refractivity contribution in [3.05, 3.63) is 47.0 Å². The molecule has 0 unspecified atom stereocenters. The number of benzene rings is 1. The van der Waals surface area contributed by atoms with Gasteiger partial charge in [0, 0.05) is 0 Å². The summed E-state index contributed by atoms with van der Waals surface area (Å²) in [5.41, 5.74) is -1.45. The van der Waals surface area contributed by atoms with Gasteiger partial charge in [0.1, 0.15) is 17.2 Å². The zero-order valence-electron chi connectivity index (χ0n) is 12.4. The Morgan fingerprint density at radius 1 is 1.05 bits per heavy atom. The number of allylic oxidation sites excluding steroid dienone is 2. The molecule has 22 heavy (non-hydrogen) atoms. The van der Waals surface area contributed by atoms with Gasteiger partial charge < -0.3 is 0 Å². The zero-order chi connectivity index (χ0) is 16.3. The minimum atomic E-state index is -5.00. The lowest BCUT2D eigenvalue weighted by molar-refractivity contribution is -0.142. The Kier molecular flexibility index (Phi) is 5.24. The smallest absolute Gasteiger partial charge is 0.206 e. The van der Waals surface area contributed by atoms with E-state index in [-0.39, 0.29) is 5.92 Å². The van der Waals surface area contributed by atoms with Crippen LogP contribution >= 0.6 is 0 Å². The highest BCUT2D eigenvalue weighted by molar-refractivity contribution is 5.30. The van der Waals surface area contributed by atoms with E-state index in [0.717, 1.165) is 44.2 Å². The van der Waals surface area contributed by atoms with Crippen molar-refractivity contribution in [2.75, 3.05) is 0 Å². The SMILES string of the molecule is C/C=C/CC1CCC(c2cc(F)c(C(F)(F)F)c(F)c2)CC1. The first-order valence-corrected chi connectivity index (χ1v) is 7.50. The fourth-order valence-corrected chi connectivity index (χ4v) is 3.16. The molecular weight excluding hydrogens is 299 g/mol. The summed E-state index contributed by atoms with van der Waals surface area (Å²) in [5, 5.41) is 0. The summed E-state index contributed by atoms with van der Waals surface area (Å²) < 4.78 is 65.0. The second-order valence-corrected chi connectivity index (χ2v) is 5.88. The molecule has 1 aromatic rings. The van der Waals surface area contributed by atoms with Crippen LogP contribution in [0.2, 0.25) is 0 Å². The first-order valence-electron chi connectivity index (χ1n) is 7.50. The highest BCUT2D eigenvalue weighted by atomic mass is 19.4. The van der Waals surface area contributed by atoms with Crippen LogP contribution in [0, 0.1) is 17.6 Å². The van der Waals surface area contributed by atoms with Crippen molar-refractivity contribution in [3.63, 3.8) is 0 Å². The predicted molar refractivity (Wildman–Crippen MR) is 75.5 cm³/mol. The zero-order valence-corrected chi connectivity index (χ0v) is 12.4. The van der Waals surface area contributed by atoms with Gasteiger partial charge in [0.15, 0.2) is 0 Å². The van der Waals surface area contributed by atoms with E-state index < -0.39 is 23.4 Å². The predicted octanol–water partition coefficient (Wildman–Crippen LogP) is 6.22. The van der Waals surface area contributed by atoms with Crippen molar-refractivity contribution in [1.29, 1.82) is 0 Å². The second-order valence-electron chi connectivity index (χ2n) is 5.88. The summed E-state index contributed by atoms with van der Waals surface area (Å²) >= 11 is 0. The van der Waals surface area contributed by atoms with Gasteiger partial charge in [0.25, 0.3) is 0 Å². The molecule has 0 atom stereocenters. The maximum Gasteiger partial charge on any atom is 0.422 e. The van der Waals surface area contributed by atoms with Crippen molar-refractivity contribution in [3.8, 4) is 0 Å². The summed E-state index contributed by atoms with van der Waals surface area (Å²) in [5.74, 6) is -2.54. The van der Waals surface area contributed by atoms with E-state index >= 15 is 0 Å². The van der Waals surface area contributed by atoms with E-state index in [2.05, 4.69) is 6.08 Å². The van der Waals surface area contributed by atoms with Crippen molar-refractivity contribution < 1.29 is 22.0 Å². The van der Waals surface area contributed by atoms with Gasteiger partial charge in [-0.15, -0.1) is 0 Å². The molecule has 0 aromatic heterocycles. The van der Waals surface area contributed by atoms with Crippen LogP contribution in [0.3, 0.4) is 0 Å². The molecule has 1 aliphatic carbocycles. The van der Waals surface area contributed by atoms with E-state index in [0.29, 0.717) is 11.5 Å². The van der Waals surface area contributed by atoms with Gasteiger partial charge in [-0.05, 0) is 68.6 Å². The van der Waals surface area contributed by atoms with Gasteiger partial charge in [-0.2, -0.15) is 13.2 Å². The standard InChI is InChI=1S/C17H19F5/c1-2-3-4-11-5-7-12(8-6-11)13-9-14(18)16(15(19)10-13)17(20,21)22/h2-3,9-12H,4-8H2,1H3/b3-2+. The first kappa shape index (κ1) is 17.0. The van der Waals surface area contributed by atoms with E-state index in [1.54, 1.807) is 0 Å². The van der Waals surface area contributed by atoms with E-state index in [1.807, 2.05) is 13.0 Å². The third-order valence-corrected chi connectivity index (χ3v) is 4.37. The van der Waals surface area contributed by atoms with Gasteiger partial charge >= 0.3 is 6.18 Å². The quantitative estimate of drug-likeness (QED) is 0.458. The Morgan fingerprint density at radius 2 is 1.59 bits per heavy atom. The molecule has 1 saturated carbocycles. The molecule has 0 saturated heterocycles. The average molecular weight is 318 g/mol.